The van der Waals surface area contributed by atoms with Gasteiger partial charge in [0.2, 0.25) is 0 Å². The second-order valence-corrected chi connectivity index (χ2v) is 1.77. The summed E-state index contributed by atoms with van der Waals surface area (Å²) in [5.41, 5.74) is 5.26. The zero-order valence-corrected chi connectivity index (χ0v) is 5.00. The monoisotopic (exact) mass is 127 g/mol. The van der Waals surface area contributed by atoms with E-state index >= 15 is 0 Å². The van der Waals surface area contributed by atoms with Crippen molar-refractivity contribution in [2.45, 2.75) is 18.9 Å². The zero-order valence-electron chi connectivity index (χ0n) is 5.00. The molecule has 0 aromatic carbocycles. The van der Waals surface area contributed by atoms with Crippen LogP contribution in [-0.2, 0) is 4.79 Å². The van der Waals surface area contributed by atoms with E-state index < -0.39 is 12.0 Å². The van der Waals surface area contributed by atoms with Gasteiger partial charge in [-0.05, 0) is 0 Å². The number of aliphatic carboxylic acids is 1. The van der Waals surface area contributed by atoms with Crippen LogP contribution in [-0.4, -0.2) is 17.1 Å². The predicted octanol–water partition coefficient (Wildman–Crippen LogP) is -0.188. The van der Waals surface area contributed by atoms with Crippen molar-refractivity contribution in [3.8, 4) is 12.3 Å². The first-order valence-electron chi connectivity index (χ1n) is 2.57. The van der Waals surface area contributed by atoms with Gasteiger partial charge in [-0.15, -0.1) is 12.3 Å². The number of carboxylic acids is 1. The average molecular weight is 127 g/mol. The van der Waals surface area contributed by atoms with Gasteiger partial charge >= 0.3 is 5.97 Å². The average Bonchev–Trinajstić information content (AvgIpc) is 1.63. The van der Waals surface area contributed by atoms with Crippen molar-refractivity contribution in [2.24, 2.45) is 5.73 Å². The van der Waals surface area contributed by atoms with Crippen LogP contribution < -0.4 is 5.73 Å². The van der Waals surface area contributed by atoms with Gasteiger partial charge in [0, 0.05) is 12.5 Å². The van der Waals surface area contributed by atoms with Crippen LogP contribution in [0.15, 0.2) is 0 Å². The van der Waals surface area contributed by atoms with E-state index in [0.29, 0.717) is 6.42 Å². The fourth-order valence-electron chi connectivity index (χ4n) is 0.448. The quantitative estimate of drug-likeness (QED) is 0.516. The van der Waals surface area contributed by atoms with Crippen molar-refractivity contribution < 1.29 is 9.90 Å². The van der Waals surface area contributed by atoms with Gasteiger partial charge in [-0.1, -0.05) is 0 Å². The van der Waals surface area contributed by atoms with Crippen molar-refractivity contribution in [1.29, 1.82) is 0 Å². The number of rotatable bonds is 3. The molecule has 9 heavy (non-hydrogen) atoms. The molecule has 3 heteroatoms. The lowest BCUT2D eigenvalue weighted by atomic mass is 10.2. The van der Waals surface area contributed by atoms with Gasteiger partial charge in [-0.25, -0.2) is 0 Å². The first-order chi connectivity index (χ1) is 4.16. The Morgan fingerprint density at radius 2 is 2.44 bits per heavy atom. The van der Waals surface area contributed by atoms with Gasteiger partial charge < -0.3 is 10.8 Å². The minimum absolute atomic E-state index is 0.0514. The normalized spacial score (nSPS) is 12.0. The number of terminal acetylenes is 1. The number of carbonyl (C=O) groups is 1. The fourth-order valence-corrected chi connectivity index (χ4v) is 0.448. The number of carboxylic acid groups (broad SMARTS) is 1. The van der Waals surface area contributed by atoms with E-state index in [1.165, 1.54) is 0 Å². The summed E-state index contributed by atoms with van der Waals surface area (Å²) in [7, 11) is 0. The molecule has 0 saturated heterocycles. The molecule has 0 unspecified atom stereocenters. The number of nitrogens with two attached hydrogens (primary N) is 1. The maximum absolute atomic E-state index is 9.94. The molecule has 0 amide bonds. The molecule has 0 saturated carbocycles. The van der Waals surface area contributed by atoms with Crippen LogP contribution >= 0.6 is 0 Å². The van der Waals surface area contributed by atoms with Crippen molar-refractivity contribution in [1.82, 2.24) is 0 Å². The Balaban J connectivity index is 3.40. The first kappa shape index (κ1) is 7.99. The van der Waals surface area contributed by atoms with Crippen LogP contribution in [0.1, 0.15) is 12.8 Å². The summed E-state index contributed by atoms with van der Waals surface area (Å²) in [6.45, 7) is 0. The van der Waals surface area contributed by atoms with Crippen molar-refractivity contribution >= 4 is 5.97 Å². The lowest BCUT2D eigenvalue weighted by molar-refractivity contribution is -0.137. The van der Waals surface area contributed by atoms with Crippen molar-refractivity contribution in [3.05, 3.63) is 0 Å². The summed E-state index contributed by atoms with van der Waals surface area (Å²) in [5, 5.41) is 8.16. The highest BCUT2D eigenvalue weighted by Gasteiger charge is 2.04. The highest BCUT2D eigenvalue weighted by Crippen LogP contribution is 1.91. The predicted molar refractivity (Wildman–Crippen MR) is 33.7 cm³/mol. The van der Waals surface area contributed by atoms with E-state index in [9.17, 15) is 4.79 Å². The largest absolute Gasteiger partial charge is 0.481 e. The lowest BCUT2D eigenvalue weighted by Gasteiger charge is -2.01. The van der Waals surface area contributed by atoms with Crippen LogP contribution in [0.3, 0.4) is 0 Å². The second kappa shape index (κ2) is 3.93. The van der Waals surface area contributed by atoms with E-state index in [-0.39, 0.29) is 6.42 Å². The molecule has 3 nitrogen and oxygen atoms in total. The smallest absolute Gasteiger partial charge is 0.304 e. The molecule has 0 rings (SSSR count). The molecule has 50 valence electrons. The van der Waals surface area contributed by atoms with Crippen molar-refractivity contribution in [3.63, 3.8) is 0 Å². The van der Waals surface area contributed by atoms with Gasteiger partial charge in [0.05, 0.1) is 6.42 Å². The Kier molecular flexibility index (Phi) is 3.49. The van der Waals surface area contributed by atoms with Crippen LogP contribution in [0.4, 0.5) is 0 Å². The van der Waals surface area contributed by atoms with Gasteiger partial charge in [0.1, 0.15) is 0 Å². The Morgan fingerprint density at radius 3 is 2.78 bits per heavy atom. The lowest BCUT2D eigenvalue weighted by Crippen LogP contribution is -2.22. The van der Waals surface area contributed by atoms with E-state index in [1.54, 1.807) is 0 Å². The highest BCUT2D eigenvalue weighted by molar-refractivity contribution is 5.67. The first-order valence-corrected chi connectivity index (χ1v) is 2.57. The second-order valence-electron chi connectivity index (χ2n) is 1.77. The molecule has 1 atom stereocenters. The fraction of sp³-hybridized carbons (Fsp3) is 0.500. The molecule has 0 radical (unpaired) electrons. The van der Waals surface area contributed by atoms with Gasteiger partial charge in [-0.2, -0.15) is 0 Å². The molecule has 0 aromatic rings. The minimum Gasteiger partial charge on any atom is -0.481 e. The Morgan fingerprint density at radius 1 is 1.89 bits per heavy atom. The zero-order chi connectivity index (χ0) is 7.28. The van der Waals surface area contributed by atoms with E-state index in [2.05, 4.69) is 5.92 Å². The molecule has 0 heterocycles. The summed E-state index contributed by atoms with van der Waals surface area (Å²) >= 11 is 0. The third-order valence-corrected chi connectivity index (χ3v) is 0.817. The SMILES string of the molecule is C#CC[C@@H](N)CC(=O)O. The summed E-state index contributed by atoms with van der Waals surface area (Å²) < 4.78 is 0. The summed E-state index contributed by atoms with van der Waals surface area (Å²) in [5.74, 6) is 1.38. The number of hydrogen-bond acceptors (Lipinski definition) is 2. The maximum Gasteiger partial charge on any atom is 0.304 e. The standard InChI is InChI=1S/C6H9NO2/c1-2-3-5(7)4-6(8)9/h1,5H,3-4,7H2,(H,8,9)/t5-/m1/s1. The maximum atomic E-state index is 9.94. The van der Waals surface area contributed by atoms with Gasteiger partial charge in [0.25, 0.3) is 0 Å². The van der Waals surface area contributed by atoms with Gasteiger partial charge in [-0.3, -0.25) is 4.79 Å². The van der Waals surface area contributed by atoms with Crippen LogP contribution in [0, 0.1) is 12.3 Å². The van der Waals surface area contributed by atoms with Crippen LogP contribution in [0.5, 0.6) is 0 Å². The molecule has 0 aromatic heterocycles. The molecular formula is C6H9NO2. The molecule has 3 N–H and O–H groups in total. The summed E-state index contributed by atoms with van der Waals surface area (Å²) in [6, 6.07) is -0.396. The van der Waals surface area contributed by atoms with E-state index in [0.717, 1.165) is 0 Å². The molecule has 0 aliphatic rings. The number of hydrogen-bond donors (Lipinski definition) is 2. The van der Waals surface area contributed by atoms with E-state index in [4.69, 9.17) is 17.3 Å². The molecule has 0 aliphatic carbocycles. The highest BCUT2D eigenvalue weighted by atomic mass is 16.4. The topological polar surface area (TPSA) is 63.3 Å². The Hall–Kier alpha value is -1.01. The summed E-state index contributed by atoms with van der Waals surface area (Å²) in [6.07, 6.45) is 5.16. The van der Waals surface area contributed by atoms with Crippen LogP contribution in [0.25, 0.3) is 0 Å². The van der Waals surface area contributed by atoms with Gasteiger partial charge in [0.15, 0.2) is 0 Å². The molecule has 0 bridgehead atoms. The Labute approximate surface area is 53.9 Å². The molecule has 0 fully saturated rings. The molecule has 0 spiro atoms. The molecule has 0 aliphatic heterocycles. The van der Waals surface area contributed by atoms with E-state index in [1.807, 2.05) is 0 Å². The Bertz CT molecular complexity index is 136. The third-order valence-electron chi connectivity index (χ3n) is 0.817. The van der Waals surface area contributed by atoms with Crippen LogP contribution in [0.2, 0.25) is 0 Å². The minimum atomic E-state index is -0.905. The third kappa shape index (κ3) is 4.85. The molecular weight excluding hydrogens is 118 g/mol. The summed E-state index contributed by atoms with van der Waals surface area (Å²) in [4.78, 5) is 9.94. The van der Waals surface area contributed by atoms with Crippen molar-refractivity contribution in [2.75, 3.05) is 0 Å².